The van der Waals surface area contributed by atoms with E-state index in [1.807, 2.05) is 17.7 Å². The average Bonchev–Trinajstić information content (AvgIpc) is 2.83. The summed E-state index contributed by atoms with van der Waals surface area (Å²) >= 11 is 1.67. The van der Waals surface area contributed by atoms with Crippen molar-refractivity contribution in [3.8, 4) is 0 Å². The summed E-state index contributed by atoms with van der Waals surface area (Å²) in [5.74, 6) is 0. The molecule has 2 aromatic heterocycles. The van der Waals surface area contributed by atoms with Gasteiger partial charge < -0.3 is 5.32 Å². The second-order valence-corrected chi connectivity index (χ2v) is 4.85. The molecule has 0 radical (unpaired) electrons. The maximum atomic E-state index is 4.52. The van der Waals surface area contributed by atoms with Gasteiger partial charge in [-0.1, -0.05) is 6.08 Å². The lowest BCUT2D eigenvalue weighted by atomic mass is 10.2. The lowest BCUT2D eigenvalue weighted by Gasteiger charge is -2.10. The number of nitrogens with zero attached hydrogens (tertiary/aromatic N) is 2. The van der Waals surface area contributed by atoms with E-state index in [4.69, 9.17) is 0 Å². The molecule has 0 aliphatic heterocycles. The van der Waals surface area contributed by atoms with Crippen LogP contribution in [0.1, 0.15) is 25.5 Å². The fourth-order valence-electron chi connectivity index (χ4n) is 1.61. The first-order chi connectivity index (χ1) is 7.79. The van der Waals surface area contributed by atoms with Crippen LogP contribution in [0.15, 0.2) is 30.4 Å². The van der Waals surface area contributed by atoms with Gasteiger partial charge in [0.05, 0.1) is 5.69 Å². The molecule has 1 unspecified atom stereocenters. The zero-order chi connectivity index (χ0) is 11.4. The van der Waals surface area contributed by atoms with Gasteiger partial charge in [0.2, 0.25) is 0 Å². The minimum Gasteiger partial charge on any atom is -0.309 e. The van der Waals surface area contributed by atoms with Crippen molar-refractivity contribution in [3.05, 3.63) is 36.1 Å². The number of aromatic nitrogens is 2. The highest BCUT2D eigenvalue weighted by Gasteiger charge is 2.04. The second kappa shape index (κ2) is 5.27. The molecule has 0 amide bonds. The summed E-state index contributed by atoms with van der Waals surface area (Å²) in [4.78, 5) is 5.59. The molecule has 0 saturated heterocycles. The van der Waals surface area contributed by atoms with Crippen LogP contribution >= 0.6 is 11.3 Å². The van der Waals surface area contributed by atoms with E-state index >= 15 is 0 Å². The largest absolute Gasteiger partial charge is 0.309 e. The minimum absolute atomic E-state index is 0.512. The standard InChI is InChI=1S/C12H17N3S/c1-3-4-5-10(2)13-8-11-9-15-6-7-16-12(15)14-11/h3,6-7,9-10,13H,1,4-5,8H2,2H3. The van der Waals surface area contributed by atoms with Crippen molar-refractivity contribution in [2.75, 3.05) is 0 Å². The highest BCUT2D eigenvalue weighted by Crippen LogP contribution is 2.11. The van der Waals surface area contributed by atoms with E-state index in [0.29, 0.717) is 6.04 Å². The van der Waals surface area contributed by atoms with Gasteiger partial charge in [-0.05, 0) is 19.8 Å². The summed E-state index contributed by atoms with van der Waals surface area (Å²) in [6.45, 7) is 6.77. The van der Waals surface area contributed by atoms with Crippen molar-refractivity contribution < 1.29 is 0 Å². The molecule has 1 atom stereocenters. The maximum absolute atomic E-state index is 4.52. The van der Waals surface area contributed by atoms with Gasteiger partial charge in [0.15, 0.2) is 4.96 Å². The van der Waals surface area contributed by atoms with Crippen molar-refractivity contribution >= 4 is 16.3 Å². The Morgan fingerprint density at radius 3 is 3.31 bits per heavy atom. The average molecular weight is 235 g/mol. The Kier molecular flexibility index (Phi) is 3.74. The van der Waals surface area contributed by atoms with Crippen LogP contribution in [0.3, 0.4) is 0 Å². The summed E-state index contributed by atoms with van der Waals surface area (Å²) in [6.07, 6.45) is 8.28. The predicted molar refractivity (Wildman–Crippen MR) is 68.8 cm³/mol. The van der Waals surface area contributed by atoms with Gasteiger partial charge in [0.1, 0.15) is 0 Å². The number of hydrogen-bond donors (Lipinski definition) is 1. The molecule has 3 nitrogen and oxygen atoms in total. The number of hydrogen-bond acceptors (Lipinski definition) is 3. The van der Waals surface area contributed by atoms with E-state index in [9.17, 15) is 0 Å². The van der Waals surface area contributed by atoms with Crippen molar-refractivity contribution in [2.24, 2.45) is 0 Å². The molecule has 0 fully saturated rings. The van der Waals surface area contributed by atoms with Crippen LogP contribution in [0, 0.1) is 0 Å². The predicted octanol–water partition coefficient (Wildman–Crippen LogP) is 2.84. The number of allylic oxidation sites excluding steroid dienone is 1. The van der Waals surface area contributed by atoms with Gasteiger partial charge in [0.25, 0.3) is 0 Å². The van der Waals surface area contributed by atoms with E-state index < -0.39 is 0 Å². The Morgan fingerprint density at radius 1 is 1.69 bits per heavy atom. The molecule has 2 heterocycles. The summed E-state index contributed by atoms with van der Waals surface area (Å²) in [6, 6.07) is 0.512. The summed E-state index contributed by atoms with van der Waals surface area (Å²) < 4.78 is 2.07. The molecule has 4 heteroatoms. The van der Waals surface area contributed by atoms with Crippen molar-refractivity contribution in [1.29, 1.82) is 0 Å². The van der Waals surface area contributed by atoms with E-state index in [1.54, 1.807) is 11.3 Å². The zero-order valence-corrected chi connectivity index (χ0v) is 10.3. The summed E-state index contributed by atoms with van der Waals surface area (Å²) in [5.41, 5.74) is 1.11. The number of fused-ring (bicyclic) bond motifs is 1. The van der Waals surface area contributed by atoms with E-state index in [1.165, 1.54) is 0 Å². The molecule has 0 spiro atoms. The molecule has 0 bridgehead atoms. The Balaban J connectivity index is 1.85. The smallest absolute Gasteiger partial charge is 0.193 e. The number of nitrogens with one attached hydrogen (secondary N) is 1. The highest BCUT2D eigenvalue weighted by atomic mass is 32.1. The van der Waals surface area contributed by atoms with Crippen LogP contribution in [-0.2, 0) is 6.54 Å². The maximum Gasteiger partial charge on any atom is 0.193 e. The molecule has 1 N–H and O–H groups in total. The van der Waals surface area contributed by atoms with E-state index in [2.05, 4.69) is 34.4 Å². The first-order valence-corrected chi connectivity index (χ1v) is 6.43. The molecule has 86 valence electrons. The monoisotopic (exact) mass is 235 g/mol. The molecule has 0 saturated carbocycles. The highest BCUT2D eigenvalue weighted by molar-refractivity contribution is 7.15. The first-order valence-electron chi connectivity index (χ1n) is 5.55. The molecule has 2 rings (SSSR count). The van der Waals surface area contributed by atoms with Gasteiger partial charge in [-0.3, -0.25) is 4.40 Å². The Bertz CT molecular complexity index is 429. The van der Waals surface area contributed by atoms with Crippen molar-refractivity contribution in [2.45, 2.75) is 32.4 Å². The Morgan fingerprint density at radius 2 is 2.56 bits per heavy atom. The lowest BCUT2D eigenvalue weighted by molar-refractivity contribution is 0.514. The number of imidazole rings is 1. The first kappa shape index (κ1) is 11.4. The zero-order valence-electron chi connectivity index (χ0n) is 9.52. The van der Waals surface area contributed by atoms with Gasteiger partial charge >= 0.3 is 0 Å². The van der Waals surface area contributed by atoms with Gasteiger partial charge in [0, 0.05) is 30.4 Å². The van der Waals surface area contributed by atoms with Crippen LogP contribution < -0.4 is 5.32 Å². The third-order valence-corrected chi connectivity index (χ3v) is 3.35. The Labute approximate surface area is 99.8 Å². The topological polar surface area (TPSA) is 29.3 Å². The molecular weight excluding hydrogens is 218 g/mol. The molecular formula is C12H17N3S. The third-order valence-electron chi connectivity index (χ3n) is 2.58. The second-order valence-electron chi connectivity index (χ2n) is 3.97. The van der Waals surface area contributed by atoms with Crippen molar-refractivity contribution in [3.63, 3.8) is 0 Å². The molecule has 0 aliphatic rings. The van der Waals surface area contributed by atoms with Gasteiger partial charge in [-0.25, -0.2) is 4.98 Å². The fourth-order valence-corrected chi connectivity index (χ4v) is 2.33. The van der Waals surface area contributed by atoms with Gasteiger partial charge in [-0.15, -0.1) is 17.9 Å². The van der Waals surface area contributed by atoms with Crippen LogP contribution in [0.4, 0.5) is 0 Å². The van der Waals surface area contributed by atoms with Crippen LogP contribution in [0.2, 0.25) is 0 Å². The lowest BCUT2D eigenvalue weighted by Crippen LogP contribution is -2.25. The van der Waals surface area contributed by atoms with Crippen LogP contribution in [0.5, 0.6) is 0 Å². The molecule has 2 aromatic rings. The SMILES string of the molecule is C=CCCC(C)NCc1cn2ccsc2n1. The molecule has 0 aromatic carbocycles. The van der Waals surface area contributed by atoms with Crippen LogP contribution in [0.25, 0.3) is 4.96 Å². The Hall–Kier alpha value is -1.13. The third kappa shape index (κ3) is 2.71. The summed E-state index contributed by atoms with van der Waals surface area (Å²) in [5, 5.41) is 5.51. The minimum atomic E-state index is 0.512. The number of rotatable bonds is 6. The number of thiazole rings is 1. The quantitative estimate of drug-likeness (QED) is 0.780. The van der Waals surface area contributed by atoms with Crippen molar-refractivity contribution in [1.82, 2.24) is 14.7 Å². The fraction of sp³-hybridized carbons (Fsp3) is 0.417. The van der Waals surface area contributed by atoms with Gasteiger partial charge in [-0.2, -0.15) is 0 Å². The van der Waals surface area contributed by atoms with Crippen LogP contribution in [-0.4, -0.2) is 15.4 Å². The van der Waals surface area contributed by atoms with E-state index in [-0.39, 0.29) is 0 Å². The summed E-state index contributed by atoms with van der Waals surface area (Å²) in [7, 11) is 0. The molecule has 16 heavy (non-hydrogen) atoms. The van der Waals surface area contributed by atoms with E-state index in [0.717, 1.165) is 30.0 Å². The normalized spacial score (nSPS) is 13.1. The molecule has 0 aliphatic carbocycles.